The van der Waals surface area contributed by atoms with Crippen LogP contribution in [0.3, 0.4) is 0 Å². The van der Waals surface area contributed by atoms with Gasteiger partial charge in [0.1, 0.15) is 11.5 Å². The average Bonchev–Trinajstić information content (AvgIpc) is 2.89. The molecule has 0 radical (unpaired) electrons. The van der Waals surface area contributed by atoms with Gasteiger partial charge < -0.3 is 9.72 Å². The molecule has 1 amide bonds. The summed E-state index contributed by atoms with van der Waals surface area (Å²) in [6.45, 7) is 0.442. The van der Waals surface area contributed by atoms with Crippen molar-refractivity contribution < 1.29 is 9.18 Å². The van der Waals surface area contributed by atoms with Gasteiger partial charge in [0.25, 0.3) is 5.91 Å². The molecule has 2 aromatic heterocycles. The maximum Gasteiger partial charge on any atom is 0.251 e. The predicted molar refractivity (Wildman–Crippen MR) is 82.6 cm³/mol. The third-order valence-corrected chi connectivity index (χ3v) is 3.45. The number of imidazole rings is 1. The highest BCUT2D eigenvalue weighted by molar-refractivity contribution is 6.30. The molecule has 3 aromatic rings. The summed E-state index contributed by atoms with van der Waals surface area (Å²) >= 11 is 5.85. The van der Waals surface area contributed by atoms with E-state index in [2.05, 4.69) is 10.3 Å². The molecule has 6 heteroatoms. The number of nitrogens with zero attached hydrogens (tertiary/aromatic N) is 2. The van der Waals surface area contributed by atoms with E-state index in [0.29, 0.717) is 29.2 Å². The van der Waals surface area contributed by atoms with Gasteiger partial charge in [-0.05, 0) is 30.3 Å². The summed E-state index contributed by atoms with van der Waals surface area (Å²) in [6, 6.07) is 9.75. The van der Waals surface area contributed by atoms with Crippen LogP contribution in [0.2, 0.25) is 5.02 Å². The van der Waals surface area contributed by atoms with Crippen molar-refractivity contribution in [3.05, 3.63) is 70.9 Å². The van der Waals surface area contributed by atoms with E-state index in [9.17, 15) is 9.18 Å². The number of hydrogen-bond acceptors (Lipinski definition) is 2. The van der Waals surface area contributed by atoms with E-state index in [1.807, 2.05) is 0 Å². The molecule has 3 rings (SSSR count). The Hall–Kier alpha value is -2.40. The first kappa shape index (κ1) is 14.5. The SMILES string of the molecule is O=C(NCCc1cn2cc(F)ccc2n1)c1cccc(Cl)c1. The fraction of sp³-hybridized carbons (Fsp3) is 0.125. The molecule has 0 atom stereocenters. The third-order valence-electron chi connectivity index (χ3n) is 3.22. The fourth-order valence-corrected chi connectivity index (χ4v) is 2.36. The molecule has 2 heterocycles. The number of fused-ring (bicyclic) bond motifs is 1. The maximum atomic E-state index is 13.1. The minimum absolute atomic E-state index is 0.183. The number of nitrogens with one attached hydrogen (secondary N) is 1. The number of aromatic nitrogens is 2. The van der Waals surface area contributed by atoms with Gasteiger partial charge in [0, 0.05) is 35.9 Å². The van der Waals surface area contributed by atoms with Crippen molar-refractivity contribution in [1.29, 1.82) is 0 Å². The van der Waals surface area contributed by atoms with Crippen LogP contribution in [0.1, 0.15) is 16.1 Å². The molecule has 22 heavy (non-hydrogen) atoms. The molecule has 1 N–H and O–H groups in total. The van der Waals surface area contributed by atoms with Crippen molar-refractivity contribution in [2.45, 2.75) is 6.42 Å². The van der Waals surface area contributed by atoms with Crippen LogP contribution in [-0.4, -0.2) is 21.8 Å². The van der Waals surface area contributed by atoms with Crippen LogP contribution < -0.4 is 5.32 Å². The van der Waals surface area contributed by atoms with Crippen LogP contribution in [0.25, 0.3) is 5.65 Å². The highest BCUT2D eigenvalue weighted by Gasteiger charge is 2.07. The first-order valence-electron chi connectivity index (χ1n) is 6.79. The van der Waals surface area contributed by atoms with Crippen molar-refractivity contribution in [3.63, 3.8) is 0 Å². The molecule has 0 fully saturated rings. The second kappa shape index (κ2) is 6.15. The summed E-state index contributed by atoms with van der Waals surface area (Å²) in [5, 5.41) is 3.33. The largest absolute Gasteiger partial charge is 0.352 e. The van der Waals surface area contributed by atoms with Gasteiger partial charge in [-0.15, -0.1) is 0 Å². The normalized spacial score (nSPS) is 10.8. The summed E-state index contributed by atoms with van der Waals surface area (Å²) < 4.78 is 14.7. The zero-order valence-corrected chi connectivity index (χ0v) is 12.3. The first-order valence-corrected chi connectivity index (χ1v) is 7.16. The van der Waals surface area contributed by atoms with E-state index in [4.69, 9.17) is 11.6 Å². The van der Waals surface area contributed by atoms with E-state index in [-0.39, 0.29) is 11.7 Å². The molecule has 4 nitrogen and oxygen atoms in total. The van der Waals surface area contributed by atoms with Gasteiger partial charge in [0.15, 0.2) is 0 Å². The number of pyridine rings is 1. The molecule has 1 aromatic carbocycles. The Kier molecular flexibility index (Phi) is 4.06. The smallest absolute Gasteiger partial charge is 0.251 e. The Morgan fingerprint density at radius 3 is 2.95 bits per heavy atom. The second-order valence-electron chi connectivity index (χ2n) is 4.86. The lowest BCUT2D eigenvalue weighted by molar-refractivity contribution is 0.0954. The number of rotatable bonds is 4. The second-order valence-corrected chi connectivity index (χ2v) is 5.30. The molecule has 0 aliphatic rings. The van der Waals surface area contributed by atoms with Gasteiger partial charge in [0.2, 0.25) is 0 Å². The van der Waals surface area contributed by atoms with Crippen LogP contribution in [0.4, 0.5) is 4.39 Å². The van der Waals surface area contributed by atoms with Crippen molar-refractivity contribution in [2.75, 3.05) is 6.54 Å². The van der Waals surface area contributed by atoms with E-state index in [1.165, 1.54) is 12.3 Å². The Morgan fingerprint density at radius 2 is 2.14 bits per heavy atom. The van der Waals surface area contributed by atoms with Crippen LogP contribution in [-0.2, 0) is 6.42 Å². The molecule has 0 bridgehead atoms. The molecule has 0 saturated heterocycles. The maximum absolute atomic E-state index is 13.1. The van der Waals surface area contributed by atoms with Gasteiger partial charge in [-0.2, -0.15) is 0 Å². The Labute approximate surface area is 131 Å². The van der Waals surface area contributed by atoms with E-state index >= 15 is 0 Å². The van der Waals surface area contributed by atoms with Crippen molar-refractivity contribution in [1.82, 2.24) is 14.7 Å². The molecule has 0 saturated carbocycles. The lowest BCUT2D eigenvalue weighted by atomic mass is 10.2. The van der Waals surface area contributed by atoms with Crippen LogP contribution in [0.5, 0.6) is 0 Å². The summed E-state index contributed by atoms with van der Waals surface area (Å²) in [5.74, 6) is -0.497. The van der Waals surface area contributed by atoms with E-state index in [0.717, 1.165) is 5.69 Å². The quantitative estimate of drug-likeness (QED) is 0.803. The number of benzene rings is 1. The minimum atomic E-state index is -0.314. The van der Waals surface area contributed by atoms with E-state index in [1.54, 1.807) is 40.9 Å². The summed E-state index contributed by atoms with van der Waals surface area (Å²) in [7, 11) is 0. The summed E-state index contributed by atoms with van der Waals surface area (Å²) in [4.78, 5) is 16.3. The summed E-state index contributed by atoms with van der Waals surface area (Å²) in [6.07, 6.45) is 3.69. The zero-order chi connectivity index (χ0) is 15.5. The summed E-state index contributed by atoms with van der Waals surface area (Å²) in [5.41, 5.74) is 1.99. The number of halogens is 2. The first-order chi connectivity index (χ1) is 10.6. The highest BCUT2D eigenvalue weighted by atomic mass is 35.5. The monoisotopic (exact) mass is 317 g/mol. The van der Waals surface area contributed by atoms with Crippen LogP contribution in [0, 0.1) is 5.82 Å². The molecule has 112 valence electrons. The number of carbonyl (C=O) groups is 1. The molecular weight excluding hydrogens is 305 g/mol. The standard InChI is InChI=1S/C16H13ClFN3O/c17-12-3-1-2-11(8-12)16(22)19-7-6-14-10-21-9-13(18)4-5-15(21)20-14/h1-5,8-10H,6-7H2,(H,19,22). The number of carbonyl (C=O) groups excluding carboxylic acids is 1. The van der Waals surface area contributed by atoms with Gasteiger partial charge in [-0.3, -0.25) is 4.79 Å². The topological polar surface area (TPSA) is 46.4 Å². The van der Waals surface area contributed by atoms with Crippen LogP contribution in [0.15, 0.2) is 48.8 Å². The van der Waals surface area contributed by atoms with E-state index < -0.39 is 0 Å². The van der Waals surface area contributed by atoms with Crippen molar-refractivity contribution in [3.8, 4) is 0 Å². The fourth-order valence-electron chi connectivity index (χ4n) is 2.17. The van der Waals surface area contributed by atoms with Gasteiger partial charge in [-0.1, -0.05) is 17.7 Å². The predicted octanol–water partition coefficient (Wildman–Crippen LogP) is 3.10. The Balaban J connectivity index is 1.61. The van der Waals surface area contributed by atoms with Crippen molar-refractivity contribution in [2.24, 2.45) is 0 Å². The van der Waals surface area contributed by atoms with Gasteiger partial charge in [-0.25, -0.2) is 9.37 Å². The van der Waals surface area contributed by atoms with Crippen molar-refractivity contribution >= 4 is 23.2 Å². The Morgan fingerprint density at radius 1 is 1.27 bits per heavy atom. The zero-order valence-electron chi connectivity index (χ0n) is 11.6. The molecule has 0 aliphatic carbocycles. The highest BCUT2D eigenvalue weighted by Crippen LogP contribution is 2.10. The molecule has 0 aliphatic heterocycles. The van der Waals surface area contributed by atoms with Gasteiger partial charge in [0.05, 0.1) is 5.69 Å². The average molecular weight is 318 g/mol. The Bertz CT molecular complexity index is 831. The minimum Gasteiger partial charge on any atom is -0.352 e. The lowest BCUT2D eigenvalue weighted by Crippen LogP contribution is -2.25. The molecule has 0 spiro atoms. The molecule has 0 unspecified atom stereocenters. The number of amides is 1. The van der Waals surface area contributed by atoms with Crippen LogP contribution >= 0.6 is 11.6 Å². The number of hydrogen-bond donors (Lipinski definition) is 1. The third kappa shape index (κ3) is 3.26. The lowest BCUT2D eigenvalue weighted by Gasteiger charge is -2.04. The molecular formula is C16H13ClFN3O. The van der Waals surface area contributed by atoms with Gasteiger partial charge >= 0.3 is 0 Å².